The predicted molar refractivity (Wildman–Crippen MR) is 101 cm³/mol. The minimum absolute atomic E-state index is 0.442. The summed E-state index contributed by atoms with van der Waals surface area (Å²) in [7, 11) is 0. The van der Waals surface area contributed by atoms with Crippen molar-refractivity contribution in [3.05, 3.63) is 40.5 Å². The Morgan fingerprint density at radius 1 is 1.08 bits per heavy atom. The quantitative estimate of drug-likeness (QED) is 0.806. The van der Waals surface area contributed by atoms with E-state index in [1.165, 1.54) is 24.1 Å². The molecule has 0 amide bonds. The first-order valence-corrected chi connectivity index (χ1v) is 9.79. The van der Waals surface area contributed by atoms with Crippen LogP contribution in [-0.4, -0.2) is 42.1 Å². The molecule has 2 aromatic rings. The van der Waals surface area contributed by atoms with Crippen LogP contribution in [0.15, 0.2) is 24.3 Å². The number of hydrogen-bond donors (Lipinski definition) is 0. The molecule has 0 atom stereocenters. The van der Waals surface area contributed by atoms with E-state index in [0.29, 0.717) is 18.2 Å². The summed E-state index contributed by atoms with van der Waals surface area (Å²) in [5.74, 6) is 1.38. The van der Waals surface area contributed by atoms with Gasteiger partial charge in [-0.2, -0.15) is 0 Å². The number of anilines is 1. The van der Waals surface area contributed by atoms with Gasteiger partial charge in [0, 0.05) is 34.8 Å². The van der Waals surface area contributed by atoms with Gasteiger partial charge in [0.15, 0.2) is 11.6 Å². The highest BCUT2D eigenvalue weighted by atomic mass is 35.5. The zero-order valence-electron chi connectivity index (χ0n) is 14.7. The molecule has 1 aromatic heterocycles. The molecule has 5 nitrogen and oxygen atoms in total. The van der Waals surface area contributed by atoms with Gasteiger partial charge in [-0.1, -0.05) is 23.7 Å². The van der Waals surface area contributed by atoms with Crippen molar-refractivity contribution in [2.45, 2.75) is 37.9 Å². The summed E-state index contributed by atoms with van der Waals surface area (Å²) >= 11 is 6.19. The number of nitrogens with zero attached hydrogens (tertiary/aromatic N) is 3. The summed E-state index contributed by atoms with van der Waals surface area (Å²) in [5, 5.41) is 0.707. The Bertz CT molecular complexity index is 836. The maximum absolute atomic E-state index is 6.19. The fraction of sp³-hybridized carbons (Fsp3) is 0.500. The first-order valence-electron chi connectivity index (χ1n) is 9.41. The topological polar surface area (TPSA) is 47.5 Å². The van der Waals surface area contributed by atoms with E-state index in [1.807, 2.05) is 24.3 Å². The molecule has 136 valence electrons. The molecule has 0 bridgehead atoms. The van der Waals surface area contributed by atoms with Gasteiger partial charge in [0.05, 0.1) is 19.8 Å². The van der Waals surface area contributed by atoms with Crippen LogP contribution >= 0.6 is 11.6 Å². The summed E-state index contributed by atoms with van der Waals surface area (Å²) < 4.78 is 11.8. The molecule has 2 saturated heterocycles. The number of aromatic nitrogens is 2. The molecular weight excluding hydrogens is 350 g/mol. The Morgan fingerprint density at radius 3 is 2.77 bits per heavy atom. The molecule has 2 fully saturated rings. The lowest BCUT2D eigenvalue weighted by atomic mass is 9.95. The molecule has 3 aliphatic rings. The van der Waals surface area contributed by atoms with Crippen molar-refractivity contribution in [3.63, 3.8) is 0 Å². The number of fused-ring (bicyclic) bond motifs is 1. The second-order valence-electron chi connectivity index (χ2n) is 7.29. The first kappa shape index (κ1) is 16.5. The van der Waals surface area contributed by atoms with E-state index < -0.39 is 5.79 Å². The number of halogens is 1. The monoisotopic (exact) mass is 371 g/mol. The Morgan fingerprint density at radius 2 is 1.92 bits per heavy atom. The van der Waals surface area contributed by atoms with Crippen molar-refractivity contribution < 1.29 is 9.47 Å². The van der Waals surface area contributed by atoms with Gasteiger partial charge in [0.2, 0.25) is 0 Å². The van der Waals surface area contributed by atoms with Gasteiger partial charge in [-0.15, -0.1) is 0 Å². The molecule has 0 saturated carbocycles. The van der Waals surface area contributed by atoms with Crippen molar-refractivity contribution in [2.24, 2.45) is 0 Å². The third-order valence-corrected chi connectivity index (χ3v) is 5.79. The van der Waals surface area contributed by atoms with Gasteiger partial charge in [0.25, 0.3) is 0 Å². The van der Waals surface area contributed by atoms with Crippen LogP contribution in [0.5, 0.6) is 0 Å². The Balaban J connectivity index is 1.56. The number of rotatable bonds is 2. The van der Waals surface area contributed by atoms with Crippen LogP contribution in [0.1, 0.15) is 30.5 Å². The lowest BCUT2D eigenvalue weighted by molar-refractivity contribution is -0.137. The molecule has 26 heavy (non-hydrogen) atoms. The van der Waals surface area contributed by atoms with Gasteiger partial charge in [-0.05, 0) is 37.8 Å². The zero-order valence-corrected chi connectivity index (χ0v) is 15.5. The number of aryl methyl sites for hydroxylation is 1. The van der Waals surface area contributed by atoms with Gasteiger partial charge in [-0.3, -0.25) is 0 Å². The summed E-state index contributed by atoms with van der Waals surface area (Å²) in [6.07, 6.45) is 5.34. The summed E-state index contributed by atoms with van der Waals surface area (Å²) in [6.45, 7) is 3.01. The molecule has 5 rings (SSSR count). The molecule has 1 aliphatic carbocycles. The Kier molecular flexibility index (Phi) is 4.11. The minimum Gasteiger partial charge on any atom is -0.351 e. The van der Waals surface area contributed by atoms with Crippen molar-refractivity contribution in [2.75, 3.05) is 31.2 Å². The van der Waals surface area contributed by atoms with Crippen LogP contribution < -0.4 is 4.90 Å². The van der Waals surface area contributed by atoms with Gasteiger partial charge in [0.1, 0.15) is 5.82 Å². The van der Waals surface area contributed by atoms with Gasteiger partial charge < -0.3 is 14.4 Å². The zero-order chi connectivity index (χ0) is 17.6. The summed E-state index contributed by atoms with van der Waals surface area (Å²) in [6, 6.07) is 7.79. The van der Waals surface area contributed by atoms with E-state index in [1.54, 1.807) is 0 Å². The van der Waals surface area contributed by atoms with Gasteiger partial charge >= 0.3 is 0 Å². The fourth-order valence-corrected chi connectivity index (χ4v) is 4.45. The molecule has 2 aliphatic heterocycles. The van der Waals surface area contributed by atoms with E-state index in [4.69, 9.17) is 31.0 Å². The highest BCUT2D eigenvalue weighted by Gasteiger charge is 2.44. The van der Waals surface area contributed by atoms with Crippen molar-refractivity contribution in [3.8, 4) is 11.4 Å². The fourth-order valence-electron chi connectivity index (χ4n) is 4.26. The van der Waals surface area contributed by atoms with Crippen molar-refractivity contribution in [1.82, 2.24) is 9.97 Å². The summed E-state index contributed by atoms with van der Waals surface area (Å²) in [4.78, 5) is 12.2. The second-order valence-corrected chi connectivity index (χ2v) is 7.73. The van der Waals surface area contributed by atoms with Crippen LogP contribution in [0, 0.1) is 0 Å². The highest BCUT2D eigenvalue weighted by molar-refractivity contribution is 6.30. The third kappa shape index (κ3) is 2.88. The molecule has 0 radical (unpaired) electrons. The van der Waals surface area contributed by atoms with Crippen LogP contribution in [0.2, 0.25) is 5.02 Å². The molecule has 0 N–H and O–H groups in total. The molecule has 6 heteroatoms. The molecule has 3 heterocycles. The van der Waals surface area contributed by atoms with E-state index in [-0.39, 0.29) is 0 Å². The molecule has 1 spiro atoms. The van der Waals surface area contributed by atoms with Crippen LogP contribution in [0.3, 0.4) is 0 Å². The Hall–Kier alpha value is -1.69. The van der Waals surface area contributed by atoms with E-state index in [2.05, 4.69) is 4.90 Å². The van der Waals surface area contributed by atoms with E-state index in [0.717, 1.165) is 49.6 Å². The highest BCUT2D eigenvalue weighted by Crippen LogP contribution is 2.37. The number of hydrogen-bond acceptors (Lipinski definition) is 5. The van der Waals surface area contributed by atoms with Crippen molar-refractivity contribution in [1.29, 1.82) is 0 Å². The lowest BCUT2D eigenvalue weighted by Crippen LogP contribution is -2.35. The lowest BCUT2D eigenvalue weighted by Gasteiger charge is -2.27. The Labute approximate surface area is 158 Å². The standard InChI is InChI=1S/C20H22ClN3O2/c21-15-5-3-4-14(12-15)18-22-17-7-2-1-6-16(17)19(23-18)24-9-8-20(13-24)25-10-11-26-20/h3-5,12H,1-2,6-11,13H2. The predicted octanol–water partition coefficient (Wildman–Crippen LogP) is 3.63. The maximum Gasteiger partial charge on any atom is 0.187 e. The average Bonchev–Trinajstić information content (AvgIpc) is 3.31. The van der Waals surface area contributed by atoms with Crippen molar-refractivity contribution >= 4 is 17.4 Å². The largest absolute Gasteiger partial charge is 0.351 e. The third-order valence-electron chi connectivity index (χ3n) is 5.55. The van der Waals surface area contributed by atoms with Crippen LogP contribution in [0.25, 0.3) is 11.4 Å². The first-order chi connectivity index (χ1) is 12.7. The minimum atomic E-state index is -0.442. The maximum atomic E-state index is 6.19. The number of benzene rings is 1. The summed E-state index contributed by atoms with van der Waals surface area (Å²) in [5.41, 5.74) is 3.46. The van der Waals surface area contributed by atoms with Crippen LogP contribution in [0.4, 0.5) is 5.82 Å². The smallest absolute Gasteiger partial charge is 0.187 e. The molecule has 0 unspecified atom stereocenters. The molecule has 1 aromatic carbocycles. The second kappa shape index (κ2) is 6.48. The molecular formula is C20H22ClN3O2. The SMILES string of the molecule is Clc1cccc(-c2nc3c(c(N4CCC5(C4)OCCO5)n2)CCCC3)c1. The van der Waals surface area contributed by atoms with E-state index in [9.17, 15) is 0 Å². The van der Waals surface area contributed by atoms with E-state index >= 15 is 0 Å². The van der Waals surface area contributed by atoms with Crippen LogP contribution in [-0.2, 0) is 22.3 Å². The normalized spacial score (nSPS) is 21.3. The number of ether oxygens (including phenoxy) is 2. The van der Waals surface area contributed by atoms with Gasteiger partial charge in [-0.25, -0.2) is 9.97 Å². The average molecular weight is 372 g/mol.